The number of carbonyl (C=O) groups excluding carboxylic acids is 2. The number of rotatable bonds is 14. The van der Waals surface area contributed by atoms with Crippen molar-refractivity contribution in [1.29, 1.82) is 0 Å². The van der Waals surface area contributed by atoms with Crippen molar-refractivity contribution >= 4 is 39.1 Å². The Morgan fingerprint density at radius 3 is 2.16 bits per heavy atom. The van der Waals surface area contributed by atoms with Crippen LogP contribution in [0.15, 0.2) is 65.6 Å². The van der Waals surface area contributed by atoms with Gasteiger partial charge in [-0.1, -0.05) is 42.8 Å². The van der Waals surface area contributed by atoms with Crippen molar-refractivity contribution in [3.8, 4) is 17.2 Å². The first-order valence-electron chi connectivity index (χ1n) is 14.1. The van der Waals surface area contributed by atoms with Crippen LogP contribution >= 0.6 is 11.6 Å². The molecule has 0 aliphatic carbocycles. The highest BCUT2D eigenvalue weighted by Gasteiger charge is 2.34. The molecule has 2 amide bonds. The molecule has 238 valence electrons. The van der Waals surface area contributed by atoms with Gasteiger partial charge in [0.15, 0.2) is 11.5 Å². The lowest BCUT2D eigenvalue weighted by Gasteiger charge is -2.33. The molecule has 3 rings (SSSR count). The second kappa shape index (κ2) is 15.2. The second-order valence-corrected chi connectivity index (χ2v) is 12.6. The third-order valence-electron chi connectivity index (χ3n) is 7.40. The largest absolute Gasteiger partial charge is 0.495 e. The Bertz CT molecular complexity index is 1580. The van der Waals surface area contributed by atoms with E-state index in [-0.39, 0.29) is 45.6 Å². The zero-order valence-corrected chi connectivity index (χ0v) is 27.7. The lowest BCUT2D eigenvalue weighted by Crippen LogP contribution is -2.52. The average Bonchev–Trinajstić information content (AvgIpc) is 3.02. The minimum Gasteiger partial charge on any atom is -0.495 e. The maximum Gasteiger partial charge on any atom is 0.265 e. The van der Waals surface area contributed by atoms with Gasteiger partial charge in [-0.15, -0.1) is 0 Å². The molecule has 0 spiro atoms. The van der Waals surface area contributed by atoms with E-state index in [2.05, 4.69) is 5.32 Å². The van der Waals surface area contributed by atoms with Crippen LogP contribution in [0.1, 0.15) is 38.3 Å². The molecular formula is C32H40ClN3O7S. The number of aryl methyl sites for hydroxylation is 1. The number of anilines is 1. The first-order chi connectivity index (χ1) is 20.9. The molecule has 0 aromatic heterocycles. The quantitative estimate of drug-likeness (QED) is 0.256. The number of benzene rings is 3. The predicted molar refractivity (Wildman–Crippen MR) is 171 cm³/mol. The molecule has 0 heterocycles. The maximum absolute atomic E-state index is 14.3. The van der Waals surface area contributed by atoms with Crippen molar-refractivity contribution in [2.75, 3.05) is 32.2 Å². The maximum atomic E-state index is 14.3. The summed E-state index contributed by atoms with van der Waals surface area (Å²) in [4.78, 5) is 28.8. The smallest absolute Gasteiger partial charge is 0.265 e. The molecule has 0 saturated heterocycles. The van der Waals surface area contributed by atoms with E-state index in [1.165, 1.54) is 56.6 Å². The number of hydrogen-bond acceptors (Lipinski definition) is 7. The van der Waals surface area contributed by atoms with Gasteiger partial charge in [-0.2, -0.15) is 0 Å². The van der Waals surface area contributed by atoms with E-state index in [4.69, 9.17) is 25.8 Å². The summed E-state index contributed by atoms with van der Waals surface area (Å²) >= 11 is 6.32. The number of carbonyl (C=O) groups is 2. The summed E-state index contributed by atoms with van der Waals surface area (Å²) in [5, 5.41) is 3.16. The minimum absolute atomic E-state index is 0.0516. The number of nitrogens with one attached hydrogen (secondary N) is 1. The number of nitrogens with zero attached hydrogens (tertiary/aromatic N) is 2. The van der Waals surface area contributed by atoms with Gasteiger partial charge in [0.2, 0.25) is 11.8 Å². The van der Waals surface area contributed by atoms with E-state index in [0.717, 1.165) is 15.4 Å². The van der Waals surface area contributed by atoms with Gasteiger partial charge in [0.05, 0.1) is 31.9 Å². The highest BCUT2D eigenvalue weighted by atomic mass is 35.5. The van der Waals surface area contributed by atoms with Crippen LogP contribution in [0, 0.1) is 6.92 Å². The summed E-state index contributed by atoms with van der Waals surface area (Å²) in [6, 6.07) is 15.1. The van der Waals surface area contributed by atoms with E-state index in [9.17, 15) is 18.0 Å². The normalized spacial score (nSPS) is 12.5. The van der Waals surface area contributed by atoms with Crippen molar-refractivity contribution in [1.82, 2.24) is 10.2 Å². The highest BCUT2D eigenvalue weighted by Crippen LogP contribution is 2.37. The molecule has 2 atom stereocenters. The molecule has 44 heavy (non-hydrogen) atoms. The summed E-state index contributed by atoms with van der Waals surface area (Å²) in [5.41, 5.74) is 1.79. The van der Waals surface area contributed by atoms with Crippen LogP contribution in [0.2, 0.25) is 5.02 Å². The van der Waals surface area contributed by atoms with Crippen LogP contribution in [0.4, 0.5) is 5.69 Å². The first kappa shape index (κ1) is 34.5. The average molecular weight is 646 g/mol. The van der Waals surface area contributed by atoms with Gasteiger partial charge in [0.25, 0.3) is 10.0 Å². The fourth-order valence-corrected chi connectivity index (χ4v) is 6.09. The predicted octanol–water partition coefficient (Wildman–Crippen LogP) is 5.20. The first-order valence-corrected chi connectivity index (χ1v) is 15.9. The standard InChI is InChI=1S/C32H40ClN3O7S/c1-8-22(3)34-32(38)23(4)35(19-24-12-10-9-11-21(24)2)31(37)20-36(27-17-25(33)13-15-28(27)41-5)44(39,40)26-14-16-29(42-6)30(18-26)43-7/h9-18,22-23H,8,19-20H2,1-7H3,(H,34,38)/t22-,23+/m0/s1. The number of ether oxygens (including phenoxy) is 3. The van der Waals surface area contributed by atoms with Crippen molar-refractivity contribution in [3.05, 3.63) is 76.8 Å². The molecule has 0 unspecified atom stereocenters. The van der Waals surface area contributed by atoms with Crippen molar-refractivity contribution in [3.63, 3.8) is 0 Å². The molecule has 0 aliphatic rings. The molecule has 0 radical (unpaired) electrons. The fourth-order valence-electron chi connectivity index (χ4n) is 4.49. The minimum atomic E-state index is -4.43. The highest BCUT2D eigenvalue weighted by molar-refractivity contribution is 7.92. The Balaban J connectivity index is 2.15. The monoisotopic (exact) mass is 645 g/mol. The SMILES string of the molecule is CC[C@H](C)NC(=O)[C@@H](C)N(Cc1ccccc1C)C(=O)CN(c1cc(Cl)ccc1OC)S(=O)(=O)c1ccc(OC)c(OC)c1. The van der Waals surface area contributed by atoms with Crippen molar-refractivity contribution in [2.24, 2.45) is 0 Å². The summed E-state index contributed by atoms with van der Waals surface area (Å²) in [6.07, 6.45) is 0.704. The Morgan fingerprint density at radius 2 is 1.55 bits per heavy atom. The van der Waals surface area contributed by atoms with Gasteiger partial charge in [-0.25, -0.2) is 8.42 Å². The van der Waals surface area contributed by atoms with Gasteiger partial charge in [0, 0.05) is 23.7 Å². The Labute approximate surface area is 264 Å². The van der Waals surface area contributed by atoms with Crippen LogP contribution in [0.5, 0.6) is 17.2 Å². The van der Waals surface area contributed by atoms with Crippen LogP contribution in [0.3, 0.4) is 0 Å². The molecule has 3 aromatic rings. The zero-order valence-electron chi connectivity index (χ0n) is 26.1. The number of hydrogen-bond donors (Lipinski definition) is 1. The summed E-state index contributed by atoms with van der Waals surface area (Å²) in [6.45, 7) is 6.79. The van der Waals surface area contributed by atoms with Crippen LogP contribution in [-0.4, -0.2) is 65.1 Å². The Hall–Kier alpha value is -3.96. The number of methoxy groups -OCH3 is 3. The zero-order chi connectivity index (χ0) is 32.6. The van der Waals surface area contributed by atoms with E-state index < -0.39 is 28.5 Å². The fraction of sp³-hybridized carbons (Fsp3) is 0.375. The lowest BCUT2D eigenvalue weighted by molar-refractivity contribution is -0.139. The van der Waals surface area contributed by atoms with E-state index in [1.807, 2.05) is 45.0 Å². The summed E-state index contributed by atoms with van der Waals surface area (Å²) in [7, 11) is -0.204. The van der Waals surface area contributed by atoms with E-state index in [1.54, 1.807) is 13.0 Å². The number of halogens is 1. The van der Waals surface area contributed by atoms with E-state index >= 15 is 0 Å². The summed E-state index contributed by atoms with van der Waals surface area (Å²) in [5.74, 6) is -0.254. The van der Waals surface area contributed by atoms with Crippen molar-refractivity contribution < 1.29 is 32.2 Å². The second-order valence-electron chi connectivity index (χ2n) is 10.3. The van der Waals surface area contributed by atoms with Crippen LogP contribution in [0.25, 0.3) is 0 Å². The molecule has 12 heteroatoms. The van der Waals surface area contributed by atoms with E-state index in [0.29, 0.717) is 12.2 Å². The Morgan fingerprint density at radius 1 is 0.909 bits per heavy atom. The topological polar surface area (TPSA) is 114 Å². The van der Waals surface area contributed by atoms with Crippen LogP contribution in [-0.2, 0) is 26.2 Å². The molecule has 1 N–H and O–H groups in total. The third kappa shape index (κ3) is 7.95. The number of amides is 2. The molecule has 10 nitrogen and oxygen atoms in total. The molecule has 3 aromatic carbocycles. The summed E-state index contributed by atoms with van der Waals surface area (Å²) < 4.78 is 45.7. The van der Waals surface area contributed by atoms with Crippen molar-refractivity contribution in [2.45, 2.75) is 57.6 Å². The van der Waals surface area contributed by atoms with Gasteiger partial charge < -0.3 is 24.4 Å². The lowest BCUT2D eigenvalue weighted by atomic mass is 10.1. The molecular weight excluding hydrogens is 606 g/mol. The Kier molecular flexibility index (Phi) is 11.9. The van der Waals surface area contributed by atoms with Gasteiger partial charge in [-0.3, -0.25) is 13.9 Å². The molecule has 0 fully saturated rings. The molecule has 0 aliphatic heterocycles. The van der Waals surface area contributed by atoms with Crippen LogP contribution < -0.4 is 23.8 Å². The van der Waals surface area contributed by atoms with Gasteiger partial charge in [0.1, 0.15) is 18.3 Å². The van der Waals surface area contributed by atoms with Gasteiger partial charge in [-0.05, 0) is 68.7 Å². The molecule has 0 saturated carbocycles. The third-order valence-corrected chi connectivity index (χ3v) is 9.39. The molecule has 0 bridgehead atoms. The number of sulfonamides is 1. The van der Waals surface area contributed by atoms with Gasteiger partial charge >= 0.3 is 0 Å².